The quantitative estimate of drug-likeness (QED) is 0.811. The van der Waals surface area contributed by atoms with Gasteiger partial charge in [-0.25, -0.2) is 8.42 Å². The van der Waals surface area contributed by atoms with Crippen LogP contribution in [0, 0.1) is 0 Å². The van der Waals surface area contributed by atoms with Gasteiger partial charge in [-0.15, -0.1) is 0 Å². The number of hydrogen-bond acceptors (Lipinski definition) is 5. The van der Waals surface area contributed by atoms with Crippen LogP contribution >= 0.6 is 0 Å². The maximum absolute atomic E-state index is 12.7. The summed E-state index contributed by atoms with van der Waals surface area (Å²) in [5, 5.41) is 10.8. The number of likely N-dealkylation sites (tertiary alicyclic amines) is 1. The lowest BCUT2D eigenvalue weighted by Gasteiger charge is -2.47. The van der Waals surface area contributed by atoms with Crippen LogP contribution in [-0.4, -0.2) is 54.5 Å². The van der Waals surface area contributed by atoms with E-state index in [4.69, 9.17) is 4.74 Å². The van der Waals surface area contributed by atoms with Crippen molar-refractivity contribution in [3.05, 3.63) is 23.8 Å². The van der Waals surface area contributed by atoms with E-state index in [9.17, 15) is 31.5 Å². The monoisotopic (exact) mass is 421 g/mol. The van der Waals surface area contributed by atoms with E-state index in [0.717, 1.165) is 18.6 Å². The number of nitrogens with zero attached hydrogens (tertiary/aromatic N) is 1. The molecule has 0 spiro atoms. The molecule has 0 bridgehead atoms. The molecule has 0 saturated carbocycles. The Hall–Kier alpha value is -1.81. The number of carbonyl (C=O) groups excluding carboxylic acids is 1. The fourth-order valence-corrected chi connectivity index (χ4v) is 4.88. The lowest BCUT2D eigenvalue weighted by atomic mass is 9.84. The van der Waals surface area contributed by atoms with Crippen LogP contribution in [0.4, 0.5) is 13.2 Å². The normalized spacial score (nSPS) is 25.2. The number of benzene rings is 1. The van der Waals surface area contributed by atoms with Gasteiger partial charge in [-0.3, -0.25) is 4.79 Å². The second-order valence-electron chi connectivity index (χ2n) is 7.71. The van der Waals surface area contributed by atoms with Crippen molar-refractivity contribution in [2.45, 2.75) is 61.9 Å². The van der Waals surface area contributed by atoms with Crippen molar-refractivity contribution in [1.29, 1.82) is 0 Å². The van der Waals surface area contributed by atoms with E-state index in [1.54, 1.807) is 13.8 Å². The molecule has 10 heteroatoms. The lowest BCUT2D eigenvalue weighted by molar-refractivity contribution is -0.147. The Bertz CT molecular complexity index is 882. The Balaban J connectivity index is 2.09. The van der Waals surface area contributed by atoms with Crippen LogP contribution in [0.3, 0.4) is 0 Å². The van der Waals surface area contributed by atoms with Crippen molar-refractivity contribution in [2.24, 2.45) is 0 Å². The summed E-state index contributed by atoms with van der Waals surface area (Å²) < 4.78 is 68.1. The first kappa shape index (κ1) is 20.9. The van der Waals surface area contributed by atoms with Gasteiger partial charge in [-0.1, -0.05) is 0 Å². The first-order chi connectivity index (χ1) is 12.8. The molecule has 0 aromatic heterocycles. The minimum atomic E-state index is -4.88. The Kier molecular flexibility index (Phi) is 5.16. The molecule has 1 saturated heterocycles. The van der Waals surface area contributed by atoms with E-state index >= 15 is 0 Å². The highest BCUT2D eigenvalue weighted by atomic mass is 32.2. The van der Waals surface area contributed by atoms with E-state index in [-0.39, 0.29) is 17.2 Å². The number of sulfone groups is 1. The van der Waals surface area contributed by atoms with Gasteiger partial charge in [0.05, 0.1) is 10.9 Å². The van der Waals surface area contributed by atoms with E-state index in [0.29, 0.717) is 19.4 Å². The third-order valence-electron chi connectivity index (χ3n) is 5.09. The summed E-state index contributed by atoms with van der Waals surface area (Å²) in [6.07, 6.45) is -4.33. The number of piperidine rings is 1. The molecule has 2 atom stereocenters. The summed E-state index contributed by atoms with van der Waals surface area (Å²) in [5.41, 5.74) is -0.868. The number of fused-ring (bicyclic) bond motifs is 1. The van der Waals surface area contributed by atoms with Gasteiger partial charge < -0.3 is 14.7 Å². The number of alkyl halides is 3. The number of ether oxygens (including phenoxy) is 1. The van der Waals surface area contributed by atoms with Crippen molar-refractivity contribution in [3.8, 4) is 5.75 Å². The van der Waals surface area contributed by atoms with E-state index in [1.807, 2.05) is 0 Å². The van der Waals surface area contributed by atoms with Gasteiger partial charge in [0.2, 0.25) is 5.91 Å². The first-order valence-electron chi connectivity index (χ1n) is 8.92. The van der Waals surface area contributed by atoms with E-state index < -0.39 is 44.4 Å². The molecule has 0 unspecified atom stereocenters. The highest BCUT2D eigenvalue weighted by Gasteiger charge is 2.47. The number of hydrogen-bond donors (Lipinski definition) is 1. The van der Waals surface area contributed by atoms with Crippen LogP contribution < -0.4 is 4.74 Å². The number of aliphatic hydroxyl groups is 1. The minimum absolute atomic E-state index is 0.192. The number of rotatable bonds is 3. The average Bonchev–Trinajstić information content (AvgIpc) is 2.54. The highest BCUT2D eigenvalue weighted by Crippen LogP contribution is 2.44. The van der Waals surface area contributed by atoms with Gasteiger partial charge in [-0.2, -0.15) is 13.2 Å². The standard InChI is InChI=1S/C18H22F3NO5S/c1-17(2)16(24)15(22-8-4-3-5-14(22)23)12-9-11(6-7-13(12)27-17)28(25,26)10-18(19,20)21/h6-7,9,15-16,24H,3-5,8,10H2,1-2H3/t15-,16+/m0/s1. The van der Waals surface area contributed by atoms with Crippen LogP contribution in [-0.2, 0) is 14.6 Å². The topological polar surface area (TPSA) is 83.9 Å². The van der Waals surface area contributed by atoms with Gasteiger partial charge in [-0.05, 0) is 44.9 Å². The molecule has 1 aromatic carbocycles. The fourth-order valence-electron chi connectivity index (χ4n) is 3.70. The molecular weight excluding hydrogens is 399 g/mol. The predicted octanol–water partition coefficient (Wildman–Crippen LogP) is 2.61. The van der Waals surface area contributed by atoms with Gasteiger partial charge >= 0.3 is 6.18 Å². The molecule has 1 aromatic rings. The summed E-state index contributed by atoms with van der Waals surface area (Å²) >= 11 is 0. The van der Waals surface area contributed by atoms with Crippen molar-refractivity contribution in [2.75, 3.05) is 12.3 Å². The van der Waals surface area contributed by atoms with Crippen LogP contribution in [0.1, 0.15) is 44.7 Å². The molecule has 28 heavy (non-hydrogen) atoms. The zero-order valence-corrected chi connectivity index (χ0v) is 16.3. The van der Waals surface area contributed by atoms with Crippen LogP contribution in [0.15, 0.2) is 23.1 Å². The summed E-state index contributed by atoms with van der Waals surface area (Å²) in [7, 11) is -4.63. The second kappa shape index (κ2) is 6.91. The third kappa shape index (κ3) is 3.98. The Morgan fingerprint density at radius 3 is 2.57 bits per heavy atom. The Labute approximate surface area is 161 Å². The summed E-state index contributed by atoms with van der Waals surface area (Å²) in [5.74, 6) is -1.94. The number of carbonyl (C=O) groups is 1. The van der Waals surface area contributed by atoms with E-state index in [1.165, 1.54) is 11.0 Å². The molecule has 1 fully saturated rings. The van der Waals surface area contributed by atoms with E-state index in [2.05, 4.69) is 0 Å². The zero-order chi connectivity index (χ0) is 20.9. The molecule has 6 nitrogen and oxygen atoms in total. The summed E-state index contributed by atoms with van der Waals surface area (Å²) in [6.45, 7) is 3.64. The van der Waals surface area contributed by atoms with Crippen molar-refractivity contribution < 1.29 is 36.2 Å². The molecule has 1 amide bonds. The van der Waals surface area contributed by atoms with Crippen LogP contribution in [0.5, 0.6) is 5.75 Å². The molecule has 2 aliphatic heterocycles. The Morgan fingerprint density at radius 2 is 1.96 bits per heavy atom. The van der Waals surface area contributed by atoms with Crippen LogP contribution in [0.25, 0.3) is 0 Å². The molecule has 0 aliphatic carbocycles. The number of amides is 1. The smallest absolute Gasteiger partial charge is 0.403 e. The Morgan fingerprint density at radius 1 is 1.29 bits per heavy atom. The van der Waals surface area contributed by atoms with Crippen LogP contribution in [0.2, 0.25) is 0 Å². The second-order valence-corrected chi connectivity index (χ2v) is 9.70. The highest BCUT2D eigenvalue weighted by molar-refractivity contribution is 7.91. The fraction of sp³-hybridized carbons (Fsp3) is 0.611. The van der Waals surface area contributed by atoms with Gasteiger partial charge in [0.1, 0.15) is 17.5 Å². The summed E-state index contributed by atoms with van der Waals surface area (Å²) in [4.78, 5) is 13.4. The van der Waals surface area contributed by atoms with Crippen molar-refractivity contribution >= 4 is 15.7 Å². The largest absolute Gasteiger partial charge is 0.485 e. The minimum Gasteiger partial charge on any atom is -0.485 e. The SMILES string of the molecule is CC1(C)Oc2ccc(S(=O)(=O)CC(F)(F)F)cc2[C@H](N2CCCCC2=O)[C@H]1O. The molecule has 2 aliphatic rings. The van der Waals surface area contributed by atoms with Crippen molar-refractivity contribution in [3.63, 3.8) is 0 Å². The predicted molar refractivity (Wildman–Crippen MR) is 93.6 cm³/mol. The maximum Gasteiger partial charge on any atom is 0.403 e. The number of halogens is 3. The molecule has 0 radical (unpaired) electrons. The molecule has 156 valence electrons. The lowest BCUT2D eigenvalue weighted by Crippen LogP contribution is -2.55. The maximum atomic E-state index is 12.7. The first-order valence-corrected chi connectivity index (χ1v) is 10.6. The zero-order valence-electron chi connectivity index (χ0n) is 15.5. The van der Waals surface area contributed by atoms with Gasteiger partial charge in [0.15, 0.2) is 15.6 Å². The molecule has 3 rings (SSSR count). The third-order valence-corrected chi connectivity index (χ3v) is 6.77. The molecular formula is C18H22F3NO5S. The van der Waals surface area contributed by atoms with Gasteiger partial charge in [0, 0.05) is 18.5 Å². The van der Waals surface area contributed by atoms with Gasteiger partial charge in [0.25, 0.3) is 0 Å². The average molecular weight is 421 g/mol. The molecule has 2 heterocycles. The molecule has 1 N–H and O–H groups in total. The van der Waals surface area contributed by atoms with Crippen molar-refractivity contribution in [1.82, 2.24) is 4.90 Å². The summed E-state index contributed by atoms with van der Waals surface area (Å²) in [6, 6.07) is 2.53. The number of aliphatic hydroxyl groups excluding tert-OH is 1.